The van der Waals surface area contributed by atoms with Crippen LogP contribution in [0, 0.1) is 11.7 Å². The Balaban J connectivity index is 2.34. The van der Waals surface area contributed by atoms with Gasteiger partial charge in [-0.25, -0.2) is 4.39 Å². The van der Waals surface area contributed by atoms with Gasteiger partial charge in [-0.15, -0.1) is 0 Å². The molecule has 1 aliphatic heterocycles. The number of rotatable bonds is 3. The van der Waals surface area contributed by atoms with Crippen LogP contribution in [0.2, 0.25) is 0 Å². The molecule has 0 saturated carbocycles. The number of likely N-dealkylation sites (N-methyl/N-ethyl adjacent to an activating group) is 1. The molecular weight excluding hydrogens is 259 g/mol. The molecule has 1 aromatic rings. The van der Waals surface area contributed by atoms with Crippen LogP contribution in [0.25, 0.3) is 0 Å². The molecule has 2 atom stereocenters. The van der Waals surface area contributed by atoms with Gasteiger partial charge in [0, 0.05) is 24.8 Å². The highest BCUT2D eigenvalue weighted by molar-refractivity contribution is 5.99. The largest absolute Gasteiger partial charge is 0.398 e. The molecule has 1 aromatic carbocycles. The van der Waals surface area contributed by atoms with Gasteiger partial charge in [0.15, 0.2) is 0 Å². The fraction of sp³-hybridized carbons (Fsp3) is 0.500. The van der Waals surface area contributed by atoms with Gasteiger partial charge in [0.1, 0.15) is 5.82 Å². The van der Waals surface area contributed by atoms with Gasteiger partial charge in [0.05, 0.1) is 11.3 Å². The van der Waals surface area contributed by atoms with Crippen molar-refractivity contribution in [1.29, 1.82) is 0 Å². The van der Waals surface area contributed by atoms with Crippen molar-refractivity contribution < 1.29 is 9.18 Å². The van der Waals surface area contributed by atoms with Gasteiger partial charge in [0.25, 0.3) is 5.91 Å². The van der Waals surface area contributed by atoms with Crippen LogP contribution in [0.1, 0.15) is 17.3 Å². The van der Waals surface area contributed by atoms with Crippen molar-refractivity contribution in [2.45, 2.75) is 13.0 Å². The molecule has 0 aromatic heterocycles. The zero-order valence-corrected chi connectivity index (χ0v) is 12.1. The third kappa shape index (κ3) is 2.56. The van der Waals surface area contributed by atoms with Crippen molar-refractivity contribution in [2.75, 3.05) is 37.8 Å². The average Bonchev–Trinajstić information content (AvgIpc) is 2.70. The topological polar surface area (TPSA) is 75.6 Å². The molecule has 20 heavy (non-hydrogen) atoms. The minimum absolute atomic E-state index is 0.0788. The molecule has 1 fully saturated rings. The number of carbonyl (C=O) groups is 1. The summed E-state index contributed by atoms with van der Waals surface area (Å²) in [6.07, 6.45) is 0. The van der Waals surface area contributed by atoms with E-state index in [1.165, 1.54) is 12.1 Å². The third-order valence-electron chi connectivity index (χ3n) is 3.96. The number of nitrogens with two attached hydrogens (primary N) is 2. The molecule has 110 valence electrons. The van der Waals surface area contributed by atoms with Gasteiger partial charge in [-0.3, -0.25) is 4.79 Å². The van der Waals surface area contributed by atoms with Gasteiger partial charge in [0.2, 0.25) is 0 Å². The number of primary amides is 1. The highest BCUT2D eigenvalue weighted by Crippen LogP contribution is 2.30. The number of amides is 1. The fourth-order valence-corrected chi connectivity index (χ4v) is 2.85. The Morgan fingerprint density at radius 3 is 2.55 bits per heavy atom. The number of hydrogen-bond donors (Lipinski definition) is 2. The van der Waals surface area contributed by atoms with Gasteiger partial charge >= 0.3 is 0 Å². The molecule has 1 amide bonds. The van der Waals surface area contributed by atoms with E-state index >= 15 is 0 Å². The van der Waals surface area contributed by atoms with Gasteiger partial charge in [-0.1, -0.05) is 6.92 Å². The lowest BCUT2D eigenvalue weighted by Crippen LogP contribution is -2.34. The molecular formula is C14H21FN4O. The van der Waals surface area contributed by atoms with Gasteiger partial charge < -0.3 is 21.3 Å². The summed E-state index contributed by atoms with van der Waals surface area (Å²) in [4.78, 5) is 15.4. The van der Waals surface area contributed by atoms with Crippen LogP contribution in [0.4, 0.5) is 15.8 Å². The number of nitrogens with zero attached hydrogens (tertiary/aromatic N) is 2. The summed E-state index contributed by atoms with van der Waals surface area (Å²) in [6.45, 7) is 3.59. The Kier molecular flexibility index (Phi) is 3.85. The Morgan fingerprint density at radius 1 is 1.40 bits per heavy atom. The summed E-state index contributed by atoms with van der Waals surface area (Å²) in [7, 11) is 4.03. The second-order valence-corrected chi connectivity index (χ2v) is 5.67. The van der Waals surface area contributed by atoms with E-state index in [1.807, 2.05) is 19.0 Å². The van der Waals surface area contributed by atoms with Crippen LogP contribution in [-0.2, 0) is 0 Å². The van der Waals surface area contributed by atoms with Crippen molar-refractivity contribution in [2.24, 2.45) is 11.7 Å². The maximum atomic E-state index is 14.1. The van der Waals surface area contributed by atoms with Crippen molar-refractivity contribution in [3.05, 3.63) is 23.5 Å². The van der Waals surface area contributed by atoms with E-state index in [-0.39, 0.29) is 11.3 Å². The lowest BCUT2D eigenvalue weighted by molar-refractivity contribution is 0.100. The van der Waals surface area contributed by atoms with E-state index in [0.29, 0.717) is 24.2 Å². The van der Waals surface area contributed by atoms with E-state index in [4.69, 9.17) is 11.5 Å². The monoisotopic (exact) mass is 280 g/mol. The lowest BCUT2D eigenvalue weighted by Gasteiger charge is -2.23. The van der Waals surface area contributed by atoms with Crippen LogP contribution in [0.15, 0.2) is 12.1 Å². The maximum absolute atomic E-state index is 14.1. The van der Waals surface area contributed by atoms with E-state index in [9.17, 15) is 9.18 Å². The van der Waals surface area contributed by atoms with Gasteiger partial charge in [-0.2, -0.15) is 0 Å². The van der Waals surface area contributed by atoms with E-state index in [0.717, 1.165) is 6.54 Å². The van der Waals surface area contributed by atoms with E-state index in [1.54, 1.807) is 0 Å². The van der Waals surface area contributed by atoms with Crippen molar-refractivity contribution >= 4 is 17.3 Å². The minimum Gasteiger partial charge on any atom is -0.398 e. The quantitative estimate of drug-likeness (QED) is 0.806. The molecule has 1 aliphatic rings. The first-order valence-corrected chi connectivity index (χ1v) is 6.61. The number of halogens is 1. The zero-order valence-electron chi connectivity index (χ0n) is 12.1. The predicted octanol–water partition coefficient (Wildman–Crippen LogP) is 0.893. The second-order valence-electron chi connectivity index (χ2n) is 5.67. The standard InChI is InChI=1S/C14H21FN4O/c1-8-6-19(7-13(8)18(2)3)12-4-9(14(17)20)11(16)5-10(12)15/h4-5,8,13H,6-7,16H2,1-3H3,(H2,17,20). The molecule has 2 unspecified atom stereocenters. The lowest BCUT2D eigenvalue weighted by atomic mass is 10.1. The Labute approximate surface area is 118 Å². The molecule has 1 heterocycles. The van der Waals surface area contributed by atoms with Crippen molar-refractivity contribution in [1.82, 2.24) is 4.90 Å². The molecule has 1 saturated heterocycles. The molecule has 4 N–H and O–H groups in total. The third-order valence-corrected chi connectivity index (χ3v) is 3.96. The molecule has 2 rings (SSSR count). The second kappa shape index (κ2) is 5.28. The van der Waals surface area contributed by atoms with Crippen LogP contribution < -0.4 is 16.4 Å². The fourth-order valence-electron chi connectivity index (χ4n) is 2.85. The number of hydrogen-bond acceptors (Lipinski definition) is 4. The van der Waals surface area contributed by atoms with Crippen LogP contribution in [0.5, 0.6) is 0 Å². The van der Waals surface area contributed by atoms with E-state index < -0.39 is 11.7 Å². The molecule has 0 spiro atoms. The summed E-state index contributed by atoms with van der Waals surface area (Å²) in [6, 6.07) is 2.98. The Bertz CT molecular complexity index is 532. The van der Waals surface area contributed by atoms with Crippen molar-refractivity contribution in [3.63, 3.8) is 0 Å². The number of benzene rings is 1. The summed E-state index contributed by atoms with van der Waals surface area (Å²) in [5.41, 5.74) is 11.5. The predicted molar refractivity (Wildman–Crippen MR) is 78.2 cm³/mol. The first kappa shape index (κ1) is 14.6. The zero-order chi connectivity index (χ0) is 15.0. The highest BCUT2D eigenvalue weighted by atomic mass is 19.1. The molecule has 6 heteroatoms. The highest BCUT2D eigenvalue weighted by Gasteiger charge is 2.32. The molecule has 0 aliphatic carbocycles. The first-order chi connectivity index (χ1) is 9.31. The number of anilines is 2. The summed E-state index contributed by atoms with van der Waals surface area (Å²) < 4.78 is 14.1. The summed E-state index contributed by atoms with van der Waals surface area (Å²) in [5, 5.41) is 0. The normalized spacial score (nSPS) is 22.6. The van der Waals surface area contributed by atoms with Crippen molar-refractivity contribution in [3.8, 4) is 0 Å². The van der Waals surface area contributed by atoms with Gasteiger partial charge in [-0.05, 0) is 32.1 Å². The molecule has 5 nitrogen and oxygen atoms in total. The van der Waals surface area contributed by atoms with E-state index in [2.05, 4.69) is 11.8 Å². The number of carbonyl (C=O) groups excluding carboxylic acids is 1. The SMILES string of the molecule is CC1CN(c2cc(C(N)=O)c(N)cc2F)CC1N(C)C. The van der Waals surface area contributed by atoms with Crippen LogP contribution in [0.3, 0.4) is 0 Å². The van der Waals surface area contributed by atoms with Crippen LogP contribution in [-0.4, -0.2) is 44.0 Å². The minimum atomic E-state index is -0.639. The van der Waals surface area contributed by atoms with Crippen LogP contribution >= 0.6 is 0 Å². The maximum Gasteiger partial charge on any atom is 0.250 e. The average molecular weight is 280 g/mol. The summed E-state index contributed by atoms with van der Waals surface area (Å²) >= 11 is 0. The summed E-state index contributed by atoms with van der Waals surface area (Å²) in [5.74, 6) is -0.641. The molecule has 0 bridgehead atoms. The molecule has 0 radical (unpaired) electrons. The number of nitrogen functional groups attached to an aromatic ring is 1. The smallest absolute Gasteiger partial charge is 0.250 e. The first-order valence-electron chi connectivity index (χ1n) is 6.61. The Morgan fingerprint density at radius 2 is 2.05 bits per heavy atom. The Hall–Kier alpha value is -1.82.